The molecule has 4 aromatic rings. The van der Waals surface area contributed by atoms with Crippen LogP contribution in [-0.2, 0) is 6.54 Å². The van der Waals surface area contributed by atoms with E-state index in [1.165, 1.54) is 0 Å². The van der Waals surface area contributed by atoms with Crippen LogP contribution in [0, 0.1) is 0 Å². The second kappa shape index (κ2) is 6.39. The lowest BCUT2D eigenvalue weighted by Crippen LogP contribution is -2.05. The van der Waals surface area contributed by atoms with Crippen LogP contribution in [0.1, 0.15) is 19.7 Å². The molecule has 0 aliphatic rings. The van der Waals surface area contributed by atoms with Crippen LogP contribution < -0.4 is 4.74 Å². The maximum absolute atomic E-state index is 5.72. The molecule has 0 saturated carbocycles. The monoisotopic (exact) mass is 334 g/mol. The van der Waals surface area contributed by atoms with Gasteiger partial charge in [0.25, 0.3) is 0 Å². The zero-order valence-electron chi connectivity index (χ0n) is 14.1. The van der Waals surface area contributed by atoms with Gasteiger partial charge in [0, 0.05) is 5.56 Å². The fraction of sp³-hybridized carbons (Fsp3) is 0.211. The molecule has 0 aliphatic heterocycles. The van der Waals surface area contributed by atoms with E-state index in [2.05, 4.69) is 15.3 Å². The summed E-state index contributed by atoms with van der Waals surface area (Å²) in [6, 6.07) is 15.5. The maximum Gasteiger partial charge on any atom is 0.217 e. The van der Waals surface area contributed by atoms with Crippen LogP contribution in [0.25, 0.3) is 22.4 Å². The zero-order chi connectivity index (χ0) is 17.2. The summed E-state index contributed by atoms with van der Waals surface area (Å²) in [5.74, 6) is 1.45. The Balaban J connectivity index is 1.51. The molecule has 4 rings (SSSR count). The summed E-state index contributed by atoms with van der Waals surface area (Å²) in [7, 11) is 0. The molecule has 6 nitrogen and oxygen atoms in total. The van der Waals surface area contributed by atoms with Gasteiger partial charge in [-0.15, -0.1) is 5.10 Å². The first-order chi connectivity index (χ1) is 12.2. The fourth-order valence-electron chi connectivity index (χ4n) is 2.61. The lowest BCUT2D eigenvalue weighted by molar-refractivity contribution is 0.242. The van der Waals surface area contributed by atoms with Crippen LogP contribution >= 0.6 is 0 Å². The third-order valence-corrected chi connectivity index (χ3v) is 3.70. The molecular formula is C19H18N4O2. The average molecular weight is 334 g/mol. The molecule has 2 aromatic heterocycles. The molecular weight excluding hydrogens is 316 g/mol. The van der Waals surface area contributed by atoms with Crippen molar-refractivity contribution in [3.63, 3.8) is 0 Å². The van der Waals surface area contributed by atoms with E-state index >= 15 is 0 Å². The van der Waals surface area contributed by atoms with Gasteiger partial charge in [-0.2, -0.15) is 0 Å². The molecule has 0 radical (unpaired) electrons. The van der Waals surface area contributed by atoms with E-state index in [9.17, 15) is 0 Å². The summed E-state index contributed by atoms with van der Waals surface area (Å²) in [4.78, 5) is 4.46. The first-order valence-corrected chi connectivity index (χ1v) is 8.19. The Morgan fingerprint density at radius 2 is 1.88 bits per heavy atom. The topological polar surface area (TPSA) is 66.0 Å². The third kappa shape index (κ3) is 3.38. The molecule has 0 N–H and O–H groups in total. The van der Waals surface area contributed by atoms with Crippen LogP contribution in [0.5, 0.6) is 5.75 Å². The average Bonchev–Trinajstić information content (AvgIpc) is 3.21. The van der Waals surface area contributed by atoms with E-state index in [1.54, 1.807) is 4.68 Å². The number of benzene rings is 2. The summed E-state index contributed by atoms with van der Waals surface area (Å²) in [6.45, 7) is 4.45. The van der Waals surface area contributed by atoms with Crippen LogP contribution in [-0.4, -0.2) is 26.1 Å². The molecule has 0 saturated heterocycles. The Labute approximate surface area is 145 Å². The van der Waals surface area contributed by atoms with E-state index < -0.39 is 0 Å². The molecule has 6 heteroatoms. The molecule has 0 spiro atoms. The minimum absolute atomic E-state index is 0.156. The van der Waals surface area contributed by atoms with Crippen molar-refractivity contribution in [1.82, 2.24) is 20.0 Å². The maximum atomic E-state index is 5.72. The molecule has 0 aliphatic carbocycles. The number of ether oxygens (including phenoxy) is 1. The third-order valence-electron chi connectivity index (χ3n) is 3.70. The molecule has 0 amide bonds. The van der Waals surface area contributed by atoms with Gasteiger partial charge in [0.2, 0.25) is 5.89 Å². The molecule has 25 heavy (non-hydrogen) atoms. The minimum atomic E-state index is 0.156. The number of para-hydroxylation sites is 2. The first-order valence-electron chi connectivity index (χ1n) is 8.19. The quantitative estimate of drug-likeness (QED) is 0.553. The normalized spacial score (nSPS) is 11.3. The lowest BCUT2D eigenvalue weighted by Gasteiger charge is -2.09. The van der Waals surface area contributed by atoms with E-state index in [0.29, 0.717) is 12.4 Å². The van der Waals surface area contributed by atoms with Crippen molar-refractivity contribution in [3.05, 3.63) is 60.6 Å². The number of hydrogen-bond acceptors (Lipinski definition) is 5. The van der Waals surface area contributed by atoms with Crippen molar-refractivity contribution >= 4 is 11.1 Å². The van der Waals surface area contributed by atoms with E-state index in [1.807, 2.05) is 68.6 Å². The summed E-state index contributed by atoms with van der Waals surface area (Å²) >= 11 is 0. The zero-order valence-corrected chi connectivity index (χ0v) is 14.1. The Morgan fingerprint density at radius 1 is 1.08 bits per heavy atom. The van der Waals surface area contributed by atoms with Gasteiger partial charge in [-0.3, -0.25) is 0 Å². The van der Waals surface area contributed by atoms with Gasteiger partial charge in [-0.05, 0) is 50.2 Å². The van der Waals surface area contributed by atoms with Gasteiger partial charge >= 0.3 is 0 Å². The lowest BCUT2D eigenvalue weighted by atomic mass is 10.1. The standard InChI is InChI=1S/C19H18N4O2/c1-13(2)24-15-9-7-14(8-10-15)17-11-23(22-21-17)12-19-20-16-5-3-4-6-18(16)25-19/h3-11,13H,12H2,1-2H3. The van der Waals surface area contributed by atoms with Gasteiger partial charge in [0.1, 0.15) is 23.5 Å². The second-order valence-electron chi connectivity index (χ2n) is 6.07. The SMILES string of the molecule is CC(C)Oc1ccc(-c2cn(Cc3nc4ccccc4o3)nn2)cc1. The predicted octanol–water partition coefficient (Wildman–Crippen LogP) is 3.92. The summed E-state index contributed by atoms with van der Waals surface area (Å²) in [5.41, 5.74) is 3.41. The second-order valence-corrected chi connectivity index (χ2v) is 6.07. The highest BCUT2D eigenvalue weighted by atomic mass is 16.5. The Kier molecular flexibility index (Phi) is 3.93. The summed E-state index contributed by atoms with van der Waals surface area (Å²) < 4.78 is 13.1. The Hall–Kier alpha value is -3.15. The van der Waals surface area contributed by atoms with E-state index in [0.717, 1.165) is 28.1 Å². The molecule has 0 bridgehead atoms. The van der Waals surface area contributed by atoms with Crippen LogP contribution in [0.4, 0.5) is 0 Å². The Bertz CT molecular complexity index is 953. The number of aromatic nitrogens is 4. The van der Waals surface area contributed by atoms with Crippen molar-refractivity contribution in [2.24, 2.45) is 0 Å². The summed E-state index contributed by atoms with van der Waals surface area (Å²) in [5, 5.41) is 8.39. The van der Waals surface area contributed by atoms with Crippen molar-refractivity contribution in [2.45, 2.75) is 26.5 Å². The van der Waals surface area contributed by atoms with Crippen LogP contribution in [0.15, 0.2) is 59.1 Å². The van der Waals surface area contributed by atoms with Crippen molar-refractivity contribution in [3.8, 4) is 17.0 Å². The van der Waals surface area contributed by atoms with Gasteiger partial charge in [-0.1, -0.05) is 17.3 Å². The molecule has 0 atom stereocenters. The number of fused-ring (bicyclic) bond motifs is 1. The van der Waals surface area contributed by atoms with Gasteiger partial charge in [0.05, 0.1) is 12.3 Å². The number of oxazole rings is 1. The first kappa shape index (κ1) is 15.4. The number of hydrogen-bond donors (Lipinski definition) is 0. The summed E-state index contributed by atoms with van der Waals surface area (Å²) in [6.07, 6.45) is 2.04. The molecule has 2 heterocycles. The van der Waals surface area contributed by atoms with Gasteiger partial charge in [-0.25, -0.2) is 9.67 Å². The van der Waals surface area contributed by atoms with Crippen LogP contribution in [0.3, 0.4) is 0 Å². The van der Waals surface area contributed by atoms with Gasteiger partial charge in [0.15, 0.2) is 5.58 Å². The van der Waals surface area contributed by atoms with Crippen molar-refractivity contribution in [1.29, 1.82) is 0 Å². The van der Waals surface area contributed by atoms with Gasteiger partial charge < -0.3 is 9.15 Å². The van der Waals surface area contributed by atoms with Crippen molar-refractivity contribution < 1.29 is 9.15 Å². The molecule has 0 fully saturated rings. The van der Waals surface area contributed by atoms with Crippen molar-refractivity contribution in [2.75, 3.05) is 0 Å². The number of rotatable bonds is 5. The Morgan fingerprint density at radius 3 is 2.64 bits per heavy atom. The number of nitrogens with zero attached hydrogens (tertiary/aromatic N) is 4. The molecule has 126 valence electrons. The highest BCUT2D eigenvalue weighted by Crippen LogP contribution is 2.21. The fourth-order valence-corrected chi connectivity index (χ4v) is 2.61. The molecule has 2 aromatic carbocycles. The van der Waals surface area contributed by atoms with Crippen LogP contribution in [0.2, 0.25) is 0 Å². The predicted molar refractivity (Wildman–Crippen MR) is 94.3 cm³/mol. The smallest absolute Gasteiger partial charge is 0.217 e. The van der Waals surface area contributed by atoms with E-state index in [-0.39, 0.29) is 6.10 Å². The highest BCUT2D eigenvalue weighted by Gasteiger charge is 2.09. The molecule has 0 unspecified atom stereocenters. The minimum Gasteiger partial charge on any atom is -0.491 e. The highest BCUT2D eigenvalue weighted by molar-refractivity contribution is 5.72. The van der Waals surface area contributed by atoms with E-state index in [4.69, 9.17) is 9.15 Å². The largest absolute Gasteiger partial charge is 0.491 e.